The molecule has 4 heteroatoms. The minimum atomic E-state index is -0.594. The Bertz CT molecular complexity index is 647. The summed E-state index contributed by atoms with van der Waals surface area (Å²) in [6.45, 7) is 2.05. The van der Waals surface area contributed by atoms with Gasteiger partial charge in [0.15, 0.2) is 0 Å². The van der Waals surface area contributed by atoms with E-state index in [1.807, 2.05) is 30.3 Å². The van der Waals surface area contributed by atoms with Gasteiger partial charge in [0.1, 0.15) is 12.4 Å². The van der Waals surface area contributed by atoms with Crippen LogP contribution in [0.2, 0.25) is 0 Å². The molecule has 0 bridgehead atoms. The molecule has 0 amide bonds. The maximum absolute atomic E-state index is 9.74. The van der Waals surface area contributed by atoms with Crippen LogP contribution in [0, 0.1) is 11.3 Å². The van der Waals surface area contributed by atoms with E-state index in [-0.39, 0.29) is 0 Å². The van der Waals surface area contributed by atoms with Gasteiger partial charge in [0, 0.05) is 10.0 Å². The van der Waals surface area contributed by atoms with Gasteiger partial charge in [-0.25, -0.2) is 0 Å². The van der Waals surface area contributed by atoms with Gasteiger partial charge in [0.25, 0.3) is 0 Å². The summed E-state index contributed by atoms with van der Waals surface area (Å²) in [7, 11) is 0. The van der Waals surface area contributed by atoms with Gasteiger partial charge in [-0.2, -0.15) is 5.26 Å². The van der Waals surface area contributed by atoms with Crippen molar-refractivity contribution in [2.75, 3.05) is 0 Å². The Morgan fingerprint density at radius 1 is 1.30 bits per heavy atom. The van der Waals surface area contributed by atoms with Gasteiger partial charge in [-0.1, -0.05) is 34.1 Å². The largest absolute Gasteiger partial charge is 0.488 e. The number of ether oxygens (including phenoxy) is 1. The first-order valence-electron chi connectivity index (χ1n) is 6.19. The van der Waals surface area contributed by atoms with Crippen LogP contribution in [0.4, 0.5) is 0 Å². The maximum atomic E-state index is 9.74. The van der Waals surface area contributed by atoms with Crippen molar-refractivity contribution in [2.24, 2.45) is 0 Å². The van der Waals surface area contributed by atoms with Gasteiger partial charge in [-0.3, -0.25) is 0 Å². The average molecular weight is 332 g/mol. The fourth-order valence-corrected chi connectivity index (χ4v) is 2.21. The Kier molecular flexibility index (Phi) is 4.78. The molecule has 0 fully saturated rings. The lowest BCUT2D eigenvalue weighted by molar-refractivity contribution is 0.190. The molecule has 102 valence electrons. The fourth-order valence-electron chi connectivity index (χ4n) is 1.87. The predicted octanol–water partition coefficient (Wildman–Crippen LogP) is 3.95. The molecule has 0 aliphatic heterocycles. The summed E-state index contributed by atoms with van der Waals surface area (Å²) in [5, 5.41) is 18.6. The number of benzene rings is 2. The molecule has 0 saturated heterocycles. The highest BCUT2D eigenvalue weighted by molar-refractivity contribution is 9.10. The number of halogens is 1. The van der Waals surface area contributed by atoms with Gasteiger partial charge < -0.3 is 9.84 Å². The summed E-state index contributed by atoms with van der Waals surface area (Å²) in [4.78, 5) is 0. The van der Waals surface area contributed by atoms with Gasteiger partial charge in [0.2, 0.25) is 0 Å². The van der Waals surface area contributed by atoms with E-state index < -0.39 is 6.10 Å². The van der Waals surface area contributed by atoms with E-state index in [0.717, 1.165) is 15.6 Å². The van der Waals surface area contributed by atoms with Crippen LogP contribution in [-0.2, 0) is 6.61 Å². The molecule has 3 nitrogen and oxygen atoms in total. The summed E-state index contributed by atoms with van der Waals surface area (Å²) in [6.07, 6.45) is -0.594. The molecule has 0 heterocycles. The molecule has 0 saturated carbocycles. The number of hydrogen-bond donors (Lipinski definition) is 1. The second kappa shape index (κ2) is 6.56. The molecular formula is C16H14BrNO2. The smallest absolute Gasteiger partial charge is 0.126 e. The lowest BCUT2D eigenvalue weighted by Crippen LogP contribution is -2.01. The van der Waals surface area contributed by atoms with E-state index in [0.29, 0.717) is 17.9 Å². The summed E-state index contributed by atoms with van der Waals surface area (Å²) in [5.41, 5.74) is 2.27. The highest BCUT2D eigenvalue weighted by Gasteiger charge is 2.10. The number of aliphatic hydroxyl groups excluding tert-OH is 1. The summed E-state index contributed by atoms with van der Waals surface area (Å²) >= 11 is 3.39. The normalized spacial score (nSPS) is 11.7. The minimum Gasteiger partial charge on any atom is -0.488 e. The molecular weight excluding hydrogens is 318 g/mol. The summed E-state index contributed by atoms with van der Waals surface area (Å²) in [6, 6.07) is 14.9. The number of rotatable bonds is 4. The second-order valence-corrected chi connectivity index (χ2v) is 5.37. The Labute approximate surface area is 126 Å². The molecule has 0 unspecified atom stereocenters. The van der Waals surface area contributed by atoms with Crippen molar-refractivity contribution < 1.29 is 9.84 Å². The highest BCUT2D eigenvalue weighted by atomic mass is 79.9. The van der Waals surface area contributed by atoms with Crippen molar-refractivity contribution in [1.82, 2.24) is 0 Å². The van der Waals surface area contributed by atoms with Crippen molar-refractivity contribution in [3.05, 3.63) is 63.6 Å². The number of aliphatic hydroxyl groups is 1. The Morgan fingerprint density at radius 3 is 2.80 bits per heavy atom. The monoisotopic (exact) mass is 331 g/mol. The van der Waals surface area contributed by atoms with Gasteiger partial charge in [0.05, 0.1) is 17.7 Å². The number of nitrogens with zero attached hydrogens (tertiary/aromatic N) is 1. The molecule has 0 aliphatic carbocycles. The standard InChI is InChI=1S/C16H14BrNO2/c1-11(19)15-6-5-14(17)8-16(15)20-10-13-4-2-3-12(7-13)9-18/h2-8,11,19H,10H2,1H3/t11-/m0/s1. The van der Waals surface area contributed by atoms with Crippen molar-refractivity contribution in [1.29, 1.82) is 5.26 Å². The van der Waals surface area contributed by atoms with Crippen molar-refractivity contribution in [2.45, 2.75) is 19.6 Å². The zero-order valence-electron chi connectivity index (χ0n) is 11.0. The second-order valence-electron chi connectivity index (χ2n) is 4.46. The van der Waals surface area contributed by atoms with Crippen molar-refractivity contribution >= 4 is 15.9 Å². The highest BCUT2D eigenvalue weighted by Crippen LogP contribution is 2.29. The molecule has 2 aromatic carbocycles. The van der Waals surface area contributed by atoms with E-state index in [2.05, 4.69) is 22.0 Å². The third-order valence-corrected chi connectivity index (χ3v) is 3.37. The third-order valence-electron chi connectivity index (χ3n) is 2.88. The van der Waals surface area contributed by atoms with Gasteiger partial charge in [-0.05, 0) is 36.8 Å². The topological polar surface area (TPSA) is 53.2 Å². The number of hydrogen-bond acceptors (Lipinski definition) is 3. The SMILES string of the molecule is C[C@H](O)c1ccc(Br)cc1OCc1cccc(C#N)c1. The van der Waals surface area contributed by atoms with Crippen LogP contribution in [0.25, 0.3) is 0 Å². The molecule has 1 atom stereocenters. The van der Waals surface area contributed by atoms with Crippen LogP contribution >= 0.6 is 15.9 Å². The Morgan fingerprint density at radius 2 is 2.10 bits per heavy atom. The first kappa shape index (κ1) is 14.6. The maximum Gasteiger partial charge on any atom is 0.126 e. The molecule has 1 N–H and O–H groups in total. The molecule has 2 aromatic rings. The molecule has 0 radical (unpaired) electrons. The average Bonchev–Trinajstić information content (AvgIpc) is 2.45. The lowest BCUT2D eigenvalue weighted by Gasteiger charge is -2.14. The van der Waals surface area contributed by atoms with E-state index in [9.17, 15) is 5.11 Å². The fraction of sp³-hybridized carbons (Fsp3) is 0.188. The summed E-state index contributed by atoms with van der Waals surface area (Å²) in [5.74, 6) is 0.636. The van der Waals surface area contributed by atoms with Crippen LogP contribution in [0.5, 0.6) is 5.75 Å². The molecule has 20 heavy (non-hydrogen) atoms. The van der Waals surface area contributed by atoms with Crippen LogP contribution in [-0.4, -0.2) is 5.11 Å². The third kappa shape index (κ3) is 3.60. The van der Waals surface area contributed by atoms with Crippen LogP contribution in [0.3, 0.4) is 0 Å². The van der Waals surface area contributed by atoms with Crippen molar-refractivity contribution in [3.8, 4) is 11.8 Å². The number of nitriles is 1. The lowest BCUT2D eigenvalue weighted by atomic mass is 10.1. The predicted molar refractivity (Wildman–Crippen MR) is 80.3 cm³/mol. The van der Waals surface area contributed by atoms with E-state index >= 15 is 0 Å². The first-order chi connectivity index (χ1) is 9.60. The zero-order chi connectivity index (χ0) is 14.5. The minimum absolute atomic E-state index is 0.353. The van der Waals surface area contributed by atoms with E-state index in [1.54, 1.807) is 19.1 Å². The Hall–Kier alpha value is -1.83. The van der Waals surface area contributed by atoms with Gasteiger partial charge >= 0.3 is 0 Å². The molecule has 0 spiro atoms. The van der Waals surface area contributed by atoms with Crippen LogP contribution in [0.15, 0.2) is 46.9 Å². The first-order valence-corrected chi connectivity index (χ1v) is 6.99. The zero-order valence-corrected chi connectivity index (χ0v) is 12.6. The van der Waals surface area contributed by atoms with E-state index in [1.165, 1.54) is 0 Å². The van der Waals surface area contributed by atoms with Crippen LogP contribution < -0.4 is 4.74 Å². The quantitative estimate of drug-likeness (QED) is 0.922. The summed E-state index contributed by atoms with van der Waals surface area (Å²) < 4.78 is 6.66. The molecule has 0 aliphatic rings. The molecule has 0 aromatic heterocycles. The van der Waals surface area contributed by atoms with Gasteiger partial charge in [-0.15, -0.1) is 0 Å². The molecule has 2 rings (SSSR count). The van der Waals surface area contributed by atoms with E-state index in [4.69, 9.17) is 10.00 Å². The Balaban J connectivity index is 2.18. The van der Waals surface area contributed by atoms with Crippen LogP contribution in [0.1, 0.15) is 29.7 Å². The van der Waals surface area contributed by atoms with Crippen molar-refractivity contribution in [3.63, 3.8) is 0 Å².